The molecule has 0 unspecified atom stereocenters. The average molecular weight is 367 g/mol. The van der Waals surface area contributed by atoms with Gasteiger partial charge in [0.1, 0.15) is 23.6 Å². The van der Waals surface area contributed by atoms with E-state index in [1.54, 1.807) is 13.3 Å². The minimum absolute atomic E-state index is 0.0536. The second-order valence-electron chi connectivity index (χ2n) is 5.84. The van der Waals surface area contributed by atoms with Gasteiger partial charge in [0.25, 0.3) is 0 Å². The minimum Gasteiger partial charge on any atom is -0.494 e. The molecule has 134 valence electrons. The van der Waals surface area contributed by atoms with Crippen molar-refractivity contribution < 1.29 is 9.47 Å². The van der Waals surface area contributed by atoms with Gasteiger partial charge in [-0.05, 0) is 55.5 Å². The fraction of sp³-hybridized carbons (Fsp3) is 0.200. The number of para-hydroxylation sites is 1. The Morgan fingerprint density at radius 2 is 1.92 bits per heavy atom. The average Bonchev–Trinajstić information content (AvgIpc) is 2.67. The number of methoxy groups -OCH3 is 1. The van der Waals surface area contributed by atoms with Gasteiger partial charge in [-0.25, -0.2) is 0 Å². The summed E-state index contributed by atoms with van der Waals surface area (Å²) in [5.74, 6) is 1.57. The van der Waals surface area contributed by atoms with Crippen LogP contribution in [0.4, 0.5) is 5.69 Å². The van der Waals surface area contributed by atoms with Gasteiger partial charge >= 0.3 is 0 Å². The molecule has 1 atom stereocenters. The standard InChI is InChI=1S/C20H21N3O2S/c1-14(13-25-15-7-4-3-5-8-15)22-20(26)23-17-10-11-18(24-2)19-16(17)9-6-12-21-19/h3-12,14H,13H2,1-2H3,(H2,22,23,26)/t14-/m0/s1. The van der Waals surface area contributed by atoms with Crippen LogP contribution in [0.15, 0.2) is 60.8 Å². The number of benzene rings is 2. The summed E-state index contributed by atoms with van der Waals surface area (Å²) in [6, 6.07) is 17.5. The highest BCUT2D eigenvalue weighted by Gasteiger charge is 2.10. The molecule has 0 saturated carbocycles. The van der Waals surface area contributed by atoms with Gasteiger partial charge in [0.05, 0.1) is 13.2 Å². The number of nitrogens with one attached hydrogen (secondary N) is 2. The first-order valence-electron chi connectivity index (χ1n) is 8.34. The van der Waals surface area contributed by atoms with E-state index in [9.17, 15) is 0 Å². The van der Waals surface area contributed by atoms with Crippen LogP contribution in [0.5, 0.6) is 11.5 Å². The van der Waals surface area contributed by atoms with Gasteiger partial charge in [-0.15, -0.1) is 0 Å². The number of pyridine rings is 1. The lowest BCUT2D eigenvalue weighted by Gasteiger charge is -2.18. The number of aromatic nitrogens is 1. The molecule has 0 fully saturated rings. The van der Waals surface area contributed by atoms with Crippen molar-refractivity contribution in [1.82, 2.24) is 10.3 Å². The Labute approximate surface area is 158 Å². The highest BCUT2D eigenvalue weighted by atomic mass is 32.1. The van der Waals surface area contributed by atoms with E-state index in [0.29, 0.717) is 11.7 Å². The van der Waals surface area contributed by atoms with Crippen LogP contribution < -0.4 is 20.1 Å². The van der Waals surface area contributed by atoms with Crippen molar-refractivity contribution in [3.05, 3.63) is 60.8 Å². The Hall–Kier alpha value is -2.86. The van der Waals surface area contributed by atoms with E-state index < -0.39 is 0 Å². The summed E-state index contributed by atoms with van der Waals surface area (Å²) >= 11 is 5.44. The number of anilines is 1. The smallest absolute Gasteiger partial charge is 0.171 e. The maximum atomic E-state index is 5.74. The summed E-state index contributed by atoms with van der Waals surface area (Å²) in [4.78, 5) is 4.40. The normalized spacial score (nSPS) is 11.6. The van der Waals surface area contributed by atoms with E-state index in [2.05, 4.69) is 15.6 Å². The maximum absolute atomic E-state index is 5.74. The molecule has 1 heterocycles. The van der Waals surface area contributed by atoms with Gasteiger partial charge in [0, 0.05) is 17.3 Å². The van der Waals surface area contributed by atoms with Crippen LogP contribution in [-0.4, -0.2) is 29.9 Å². The molecule has 3 aromatic rings. The number of ether oxygens (including phenoxy) is 2. The van der Waals surface area contributed by atoms with Crippen molar-refractivity contribution in [2.75, 3.05) is 19.0 Å². The molecule has 3 rings (SSSR count). The number of thiocarbonyl (C=S) groups is 1. The number of rotatable bonds is 6. The van der Waals surface area contributed by atoms with Crippen molar-refractivity contribution in [3.63, 3.8) is 0 Å². The van der Waals surface area contributed by atoms with Crippen LogP contribution >= 0.6 is 12.2 Å². The molecule has 0 bridgehead atoms. The summed E-state index contributed by atoms with van der Waals surface area (Å²) in [6.45, 7) is 2.53. The Bertz CT molecular complexity index is 887. The van der Waals surface area contributed by atoms with Gasteiger partial charge in [0.2, 0.25) is 0 Å². The van der Waals surface area contributed by atoms with E-state index in [4.69, 9.17) is 21.7 Å². The van der Waals surface area contributed by atoms with Crippen molar-refractivity contribution in [2.45, 2.75) is 13.0 Å². The van der Waals surface area contributed by atoms with Crippen molar-refractivity contribution in [2.24, 2.45) is 0 Å². The minimum atomic E-state index is 0.0536. The summed E-state index contributed by atoms with van der Waals surface area (Å²) < 4.78 is 11.1. The Balaban J connectivity index is 1.62. The molecule has 2 N–H and O–H groups in total. The third-order valence-corrected chi connectivity index (χ3v) is 4.04. The first-order chi connectivity index (χ1) is 12.7. The lowest BCUT2D eigenvalue weighted by Crippen LogP contribution is -2.39. The Kier molecular flexibility index (Phi) is 5.86. The predicted octanol–water partition coefficient (Wildman–Crippen LogP) is 4.00. The molecule has 0 spiro atoms. The van der Waals surface area contributed by atoms with Crippen molar-refractivity contribution >= 4 is 33.9 Å². The summed E-state index contributed by atoms with van der Waals surface area (Å²) in [6.07, 6.45) is 1.74. The summed E-state index contributed by atoms with van der Waals surface area (Å²) in [5, 5.41) is 7.95. The molecular formula is C20H21N3O2S. The van der Waals surface area contributed by atoms with Crippen LogP contribution in [-0.2, 0) is 0 Å². The zero-order valence-corrected chi connectivity index (χ0v) is 15.5. The van der Waals surface area contributed by atoms with Crippen LogP contribution in [0.25, 0.3) is 10.9 Å². The number of fused-ring (bicyclic) bond motifs is 1. The number of nitrogens with zero attached hydrogens (tertiary/aromatic N) is 1. The molecule has 0 amide bonds. The van der Waals surface area contributed by atoms with Gasteiger partial charge in [-0.3, -0.25) is 4.98 Å². The highest BCUT2D eigenvalue weighted by Crippen LogP contribution is 2.29. The Morgan fingerprint density at radius 3 is 2.69 bits per heavy atom. The van der Waals surface area contributed by atoms with Crippen LogP contribution in [0.3, 0.4) is 0 Å². The molecule has 26 heavy (non-hydrogen) atoms. The maximum Gasteiger partial charge on any atom is 0.171 e. The van der Waals surface area contributed by atoms with E-state index in [-0.39, 0.29) is 6.04 Å². The predicted molar refractivity (Wildman–Crippen MR) is 109 cm³/mol. The van der Waals surface area contributed by atoms with E-state index in [0.717, 1.165) is 28.1 Å². The molecule has 2 aromatic carbocycles. The molecule has 0 aliphatic carbocycles. The van der Waals surface area contributed by atoms with Crippen LogP contribution in [0.2, 0.25) is 0 Å². The zero-order valence-electron chi connectivity index (χ0n) is 14.7. The molecule has 0 aliphatic heterocycles. The third-order valence-electron chi connectivity index (χ3n) is 3.82. The number of hydrogen-bond donors (Lipinski definition) is 2. The first-order valence-corrected chi connectivity index (χ1v) is 8.75. The van der Waals surface area contributed by atoms with Crippen molar-refractivity contribution in [3.8, 4) is 11.5 Å². The second-order valence-corrected chi connectivity index (χ2v) is 6.25. The second kappa shape index (κ2) is 8.49. The molecule has 0 radical (unpaired) electrons. The molecule has 1 aromatic heterocycles. The van der Waals surface area contributed by atoms with E-state index >= 15 is 0 Å². The van der Waals surface area contributed by atoms with E-state index in [1.807, 2.05) is 61.5 Å². The fourth-order valence-corrected chi connectivity index (χ4v) is 2.89. The molecular weight excluding hydrogens is 346 g/mol. The van der Waals surface area contributed by atoms with Crippen LogP contribution in [0, 0.1) is 0 Å². The zero-order chi connectivity index (χ0) is 18.4. The van der Waals surface area contributed by atoms with Gasteiger partial charge in [-0.1, -0.05) is 18.2 Å². The van der Waals surface area contributed by atoms with Crippen molar-refractivity contribution in [1.29, 1.82) is 0 Å². The lowest BCUT2D eigenvalue weighted by molar-refractivity contribution is 0.287. The molecule has 0 aliphatic rings. The van der Waals surface area contributed by atoms with Crippen LogP contribution in [0.1, 0.15) is 6.92 Å². The monoisotopic (exact) mass is 367 g/mol. The molecule has 0 saturated heterocycles. The largest absolute Gasteiger partial charge is 0.494 e. The van der Waals surface area contributed by atoms with E-state index in [1.165, 1.54) is 0 Å². The quantitative estimate of drug-likeness (QED) is 0.643. The van der Waals surface area contributed by atoms with Gasteiger partial charge in [0.15, 0.2) is 5.11 Å². The molecule has 5 nitrogen and oxygen atoms in total. The first kappa shape index (κ1) is 17.9. The SMILES string of the molecule is COc1ccc(NC(=S)N[C@@H](C)COc2ccccc2)c2cccnc12. The molecule has 6 heteroatoms. The lowest BCUT2D eigenvalue weighted by atomic mass is 10.1. The summed E-state index contributed by atoms with van der Waals surface area (Å²) in [7, 11) is 1.64. The number of hydrogen-bond acceptors (Lipinski definition) is 4. The highest BCUT2D eigenvalue weighted by molar-refractivity contribution is 7.80. The third kappa shape index (κ3) is 4.40. The topological polar surface area (TPSA) is 55.4 Å². The summed E-state index contributed by atoms with van der Waals surface area (Å²) in [5.41, 5.74) is 1.67. The Morgan fingerprint density at radius 1 is 1.12 bits per heavy atom. The van der Waals surface area contributed by atoms with Gasteiger partial charge in [-0.2, -0.15) is 0 Å². The van der Waals surface area contributed by atoms with Gasteiger partial charge < -0.3 is 20.1 Å². The fourth-order valence-electron chi connectivity index (χ4n) is 2.58.